The summed E-state index contributed by atoms with van der Waals surface area (Å²) in [6.07, 6.45) is 7.23. The Morgan fingerprint density at radius 2 is 1.21 bits per heavy atom. The molecule has 4 rings (SSSR count). The van der Waals surface area contributed by atoms with Crippen molar-refractivity contribution in [2.45, 2.75) is 156 Å². The molecule has 19 heteroatoms. The molecule has 7 atom stereocenters. The van der Waals surface area contributed by atoms with E-state index in [0.29, 0.717) is 5.56 Å². The Morgan fingerprint density at radius 3 is 1.77 bits per heavy atom. The quantitative estimate of drug-likeness (QED) is 0.0754. The number of nitrogens with one attached hydrogen (secondary N) is 5. The number of carbonyl (C=O) groups excluding carboxylic acids is 7. The van der Waals surface area contributed by atoms with Crippen LogP contribution in [0.15, 0.2) is 73.5 Å². The highest BCUT2D eigenvalue weighted by atomic mass is 16.8. The molecule has 1 aliphatic rings. The second-order valence-electron chi connectivity index (χ2n) is 21.0. The van der Waals surface area contributed by atoms with E-state index in [0.717, 1.165) is 10.9 Å². The van der Waals surface area contributed by atoms with Gasteiger partial charge in [0.1, 0.15) is 53.7 Å². The molecule has 0 unspecified atom stereocenters. The number of anilines is 1. The van der Waals surface area contributed by atoms with Crippen molar-refractivity contribution in [3.63, 3.8) is 0 Å². The Balaban J connectivity index is 1.97. The summed E-state index contributed by atoms with van der Waals surface area (Å²) < 4.78 is 2.03. The lowest BCUT2D eigenvalue weighted by molar-refractivity contribution is -0.144. The Hall–Kier alpha value is -6.73. The highest BCUT2D eigenvalue weighted by molar-refractivity contribution is 5.99. The molecule has 0 spiro atoms. The average Bonchev–Trinajstić information content (AvgIpc) is 3.70. The van der Waals surface area contributed by atoms with E-state index in [1.165, 1.54) is 49.0 Å². The third kappa shape index (κ3) is 15.4. The summed E-state index contributed by atoms with van der Waals surface area (Å²) in [4.78, 5) is 105. The molecule has 8 N–H and O–H groups in total. The maximum atomic E-state index is 15.3. The lowest BCUT2D eigenvalue weighted by atomic mass is 9.98. The van der Waals surface area contributed by atoms with Crippen molar-refractivity contribution in [2.75, 3.05) is 19.3 Å². The fourth-order valence-electron chi connectivity index (χ4n) is 9.01. The number of para-hydroxylation sites is 1. The second-order valence-corrected chi connectivity index (χ2v) is 21.0. The number of phenolic OH excluding ortho intramolecular Hbond substituents is 1. The van der Waals surface area contributed by atoms with Crippen LogP contribution in [0.5, 0.6) is 5.75 Å². The Morgan fingerprint density at radius 1 is 0.685 bits per heavy atom. The zero-order valence-electron chi connectivity index (χ0n) is 44.6. The van der Waals surface area contributed by atoms with Crippen LogP contribution in [0.2, 0.25) is 0 Å². The minimum atomic E-state index is -1.46. The number of allylic oxidation sites excluding steroid dienone is 2. The monoisotopic (exact) mass is 1010 g/mol. The fourth-order valence-corrected chi connectivity index (χ4v) is 9.01. The first-order valence-electron chi connectivity index (χ1n) is 25.1. The van der Waals surface area contributed by atoms with E-state index in [4.69, 9.17) is 0 Å². The van der Waals surface area contributed by atoms with Gasteiger partial charge in [-0.05, 0) is 100 Å². The Bertz CT molecular complexity index is 2500. The van der Waals surface area contributed by atoms with Gasteiger partial charge in [0.25, 0.3) is 0 Å². The average molecular weight is 1010 g/mol. The molecule has 0 bridgehead atoms. The predicted octanol–water partition coefficient (Wildman–Crippen LogP) is 4.85. The molecular weight excluding hydrogens is 935 g/mol. The number of aromatic hydroxyl groups is 1. The van der Waals surface area contributed by atoms with Gasteiger partial charge in [-0.15, -0.1) is 11.8 Å². The molecule has 2 heterocycles. The summed E-state index contributed by atoms with van der Waals surface area (Å²) in [6, 6.07) is 2.60. The number of hydrogen-bond donors (Lipinski definition) is 8. The molecule has 0 saturated carbocycles. The van der Waals surface area contributed by atoms with Crippen LogP contribution >= 0.6 is 0 Å². The number of benzene rings is 2. The van der Waals surface area contributed by atoms with E-state index >= 15 is 4.79 Å². The van der Waals surface area contributed by atoms with Crippen molar-refractivity contribution in [3.8, 4) is 5.75 Å². The summed E-state index contributed by atoms with van der Waals surface area (Å²) in [5.41, 5.74) is 0.810. The SMILES string of the molecule is C=CC(C)(C)n1cc(C[C@H]2NC(=O)[C@H](C/C=C/C)NC(=O)[C@H](CC(C)C)NC(=O)[C@H](CC(C)C)N(C)C(=O)[C@H](C)NC(=O)[C@H](Cc3ccc(O)c(N(O)O)c3)NC(=O)[C@H](CC(C)C)N(C)C2=O)c2ccccc21. The van der Waals surface area contributed by atoms with Gasteiger partial charge >= 0.3 is 0 Å². The van der Waals surface area contributed by atoms with Gasteiger partial charge in [-0.2, -0.15) is 0 Å². The van der Waals surface area contributed by atoms with Crippen molar-refractivity contribution >= 4 is 57.9 Å². The van der Waals surface area contributed by atoms with Gasteiger partial charge in [-0.1, -0.05) is 84.0 Å². The number of rotatable bonds is 15. The molecule has 2 aromatic carbocycles. The van der Waals surface area contributed by atoms with Crippen LogP contribution in [-0.2, 0) is 51.9 Å². The number of nitrogens with zero attached hydrogens (tertiary/aromatic N) is 4. The van der Waals surface area contributed by atoms with Crippen LogP contribution in [0.1, 0.15) is 106 Å². The number of aromatic nitrogens is 1. The van der Waals surface area contributed by atoms with Gasteiger partial charge in [-0.25, -0.2) is 0 Å². The molecule has 1 saturated heterocycles. The smallest absolute Gasteiger partial charge is 0.245 e. The molecule has 1 fully saturated rings. The van der Waals surface area contributed by atoms with Gasteiger partial charge in [-0.3, -0.25) is 44.0 Å². The van der Waals surface area contributed by atoms with Gasteiger partial charge < -0.3 is 46.1 Å². The topological polar surface area (TPSA) is 255 Å². The fraction of sp³-hybridized carbons (Fsp3) is 0.537. The first kappa shape index (κ1) is 58.8. The van der Waals surface area contributed by atoms with Gasteiger partial charge in [0.15, 0.2) is 0 Å². The highest BCUT2D eigenvalue weighted by Gasteiger charge is 2.39. The second kappa shape index (κ2) is 25.8. The number of likely N-dealkylation sites (N-methyl/N-ethyl adjacent to an activating group) is 2. The number of hydrogen-bond acceptors (Lipinski definition) is 11. The molecule has 3 aromatic rings. The summed E-state index contributed by atoms with van der Waals surface area (Å²) in [5, 5.41) is 44.7. The van der Waals surface area contributed by atoms with Crippen LogP contribution in [-0.4, -0.2) is 128 Å². The Kier molecular flexibility index (Phi) is 20.8. The standard InChI is InChI=1S/C54H79N9O10/c1-14-16-20-38-47(65)59-41(29-36-30-62(54(10,11)15-2)42-21-18-17-19-37(36)42)53(71)61(13)45(26-33(7)8)51(69)58-40(27-35-22-23-46(64)43(28-35)63(72)73)48(66)55-34(9)52(70)60(12)44(25-32(5)6)50(68)57-39(24-31(3)4)49(67)56-38/h14-19,21-23,28,30-34,38-41,44-45,64,72-73H,2,20,24-27,29H2,1,3-13H3,(H,55,66)(H,56,67)(H,57,68)(H,58,69)(H,59,65)/b16-14+/t34-,38-,39-,40-,41+,44-,45-/m0/s1. The first-order valence-corrected chi connectivity index (χ1v) is 25.1. The van der Waals surface area contributed by atoms with E-state index in [-0.39, 0.29) is 67.1 Å². The molecule has 1 aliphatic heterocycles. The molecule has 0 aliphatic carbocycles. The number of fused-ring (bicyclic) bond motifs is 1. The van der Waals surface area contributed by atoms with E-state index in [2.05, 4.69) is 33.2 Å². The van der Waals surface area contributed by atoms with Crippen LogP contribution in [0, 0.1) is 17.8 Å². The van der Waals surface area contributed by atoms with E-state index in [1.807, 2.05) is 90.4 Å². The summed E-state index contributed by atoms with van der Waals surface area (Å²) in [7, 11) is 2.86. The lowest BCUT2D eigenvalue weighted by Gasteiger charge is -2.33. The van der Waals surface area contributed by atoms with Crippen molar-refractivity contribution in [2.24, 2.45) is 17.8 Å². The summed E-state index contributed by atoms with van der Waals surface area (Å²) in [5.74, 6) is -5.81. The van der Waals surface area contributed by atoms with E-state index in [1.54, 1.807) is 25.2 Å². The normalized spacial score (nSPS) is 22.9. The molecule has 0 radical (unpaired) electrons. The molecule has 1 aromatic heterocycles. The minimum absolute atomic E-state index is 0.0169. The molecule has 73 heavy (non-hydrogen) atoms. The lowest BCUT2D eigenvalue weighted by Crippen LogP contribution is -2.60. The predicted molar refractivity (Wildman–Crippen MR) is 279 cm³/mol. The van der Waals surface area contributed by atoms with Gasteiger partial charge in [0.2, 0.25) is 41.4 Å². The van der Waals surface area contributed by atoms with Crippen molar-refractivity contribution in [1.82, 2.24) is 41.0 Å². The summed E-state index contributed by atoms with van der Waals surface area (Å²) in [6.45, 7) is 22.4. The highest BCUT2D eigenvalue weighted by Crippen LogP contribution is 2.31. The van der Waals surface area contributed by atoms with E-state index in [9.17, 15) is 44.3 Å². The first-order chi connectivity index (χ1) is 34.2. The van der Waals surface area contributed by atoms with Crippen LogP contribution in [0.25, 0.3) is 10.9 Å². The maximum absolute atomic E-state index is 15.3. The molecule has 19 nitrogen and oxygen atoms in total. The molecule has 400 valence electrons. The number of amides is 7. The summed E-state index contributed by atoms with van der Waals surface area (Å²) >= 11 is 0. The van der Waals surface area contributed by atoms with Crippen LogP contribution in [0.3, 0.4) is 0 Å². The third-order valence-corrected chi connectivity index (χ3v) is 13.2. The molecular formula is C54H79N9O10. The van der Waals surface area contributed by atoms with Crippen molar-refractivity contribution in [1.29, 1.82) is 0 Å². The van der Waals surface area contributed by atoms with Crippen molar-refractivity contribution in [3.05, 3.63) is 84.6 Å². The number of carbonyl (C=O) groups is 7. The zero-order valence-corrected chi connectivity index (χ0v) is 44.6. The van der Waals surface area contributed by atoms with Gasteiger partial charge in [0.05, 0.1) is 5.54 Å². The van der Waals surface area contributed by atoms with E-state index < -0.39 is 101 Å². The minimum Gasteiger partial charge on any atom is -0.506 e. The third-order valence-electron chi connectivity index (χ3n) is 13.2. The van der Waals surface area contributed by atoms with Crippen LogP contribution in [0.4, 0.5) is 5.69 Å². The Labute approximate surface area is 429 Å². The molecule has 7 amide bonds. The largest absolute Gasteiger partial charge is 0.506 e. The van der Waals surface area contributed by atoms with Crippen LogP contribution < -0.4 is 31.8 Å². The number of phenols is 1. The maximum Gasteiger partial charge on any atom is 0.245 e. The van der Waals surface area contributed by atoms with Gasteiger partial charge in [0, 0.05) is 44.0 Å². The van der Waals surface area contributed by atoms with Crippen molar-refractivity contribution < 1.29 is 49.1 Å². The zero-order chi connectivity index (χ0) is 54.6.